The van der Waals surface area contributed by atoms with Gasteiger partial charge in [0.25, 0.3) is 5.56 Å². The zero-order chi connectivity index (χ0) is 24.3. The fourth-order valence-electron chi connectivity index (χ4n) is 4.14. The van der Waals surface area contributed by atoms with Gasteiger partial charge in [-0.3, -0.25) is 4.79 Å². The van der Waals surface area contributed by atoms with Crippen LogP contribution in [0.5, 0.6) is 5.75 Å². The molecule has 1 aliphatic heterocycles. The molecular formula is C23H32N6O4S. The predicted octanol–water partition coefficient (Wildman–Crippen LogP) is 1.49. The number of aromatic amines is 1. The van der Waals surface area contributed by atoms with Crippen LogP contribution in [0.25, 0.3) is 5.52 Å². The van der Waals surface area contributed by atoms with E-state index in [0.29, 0.717) is 62.7 Å². The van der Waals surface area contributed by atoms with E-state index in [-0.39, 0.29) is 10.5 Å². The van der Waals surface area contributed by atoms with Crippen molar-refractivity contribution in [3.05, 3.63) is 52.0 Å². The molecule has 2 aromatic heterocycles. The number of likely N-dealkylation sites (N-methyl/N-ethyl adjacent to an activating group) is 1. The van der Waals surface area contributed by atoms with Gasteiger partial charge < -0.3 is 14.6 Å². The maximum atomic E-state index is 13.2. The average molecular weight is 489 g/mol. The number of aromatic nitrogens is 4. The van der Waals surface area contributed by atoms with Crippen molar-refractivity contribution in [1.29, 1.82) is 0 Å². The molecule has 0 spiro atoms. The molecule has 11 heteroatoms. The number of nitrogens with one attached hydrogen (secondary N) is 1. The molecule has 3 heterocycles. The van der Waals surface area contributed by atoms with Crippen LogP contribution in [-0.2, 0) is 29.3 Å². The van der Waals surface area contributed by atoms with Crippen molar-refractivity contribution >= 4 is 15.5 Å². The first-order valence-electron chi connectivity index (χ1n) is 11.7. The molecule has 10 nitrogen and oxygen atoms in total. The van der Waals surface area contributed by atoms with Crippen molar-refractivity contribution in [3.8, 4) is 5.75 Å². The van der Waals surface area contributed by atoms with Gasteiger partial charge >= 0.3 is 0 Å². The first-order chi connectivity index (χ1) is 16.3. The molecule has 1 N–H and O–H groups in total. The SMILES string of the molecule is CCCc1ncc2c(=O)[nH]c(CCc3cc(S(=O)(=O)N4CCN(C)CC4)ccc3OCC)nn12. The third kappa shape index (κ3) is 5.01. The standard InChI is InChI=1S/C23H32N6O4S/c1-4-6-22-24-16-19-23(30)25-21(26-29(19)22)10-7-17-15-18(8-9-20(17)33-5-2)34(31,32)28-13-11-27(3)12-14-28/h8-9,15-16H,4-7,10-14H2,1-3H3,(H,25,26,30). The molecule has 184 valence electrons. The summed E-state index contributed by atoms with van der Waals surface area (Å²) >= 11 is 0. The van der Waals surface area contributed by atoms with E-state index in [2.05, 4.69) is 20.0 Å². The van der Waals surface area contributed by atoms with E-state index in [4.69, 9.17) is 4.74 Å². The molecule has 0 saturated carbocycles. The van der Waals surface area contributed by atoms with Crippen molar-refractivity contribution in [2.75, 3.05) is 39.8 Å². The summed E-state index contributed by atoms with van der Waals surface area (Å²) in [4.78, 5) is 22.0. The van der Waals surface area contributed by atoms with Gasteiger partial charge in [0.1, 0.15) is 17.4 Å². The van der Waals surface area contributed by atoms with Crippen LogP contribution in [-0.4, -0.2) is 77.0 Å². The number of aryl methyl sites for hydroxylation is 3. The maximum absolute atomic E-state index is 13.2. The quantitative estimate of drug-likeness (QED) is 0.486. The summed E-state index contributed by atoms with van der Waals surface area (Å²) in [6, 6.07) is 5.02. The summed E-state index contributed by atoms with van der Waals surface area (Å²) in [5, 5.41) is 4.58. The molecule has 34 heavy (non-hydrogen) atoms. The van der Waals surface area contributed by atoms with E-state index in [1.807, 2.05) is 20.9 Å². The summed E-state index contributed by atoms with van der Waals surface area (Å²) in [7, 11) is -1.61. The Morgan fingerprint density at radius 2 is 1.85 bits per heavy atom. The molecule has 0 bridgehead atoms. The monoisotopic (exact) mass is 488 g/mol. The number of H-pyrrole nitrogens is 1. The Morgan fingerprint density at radius 1 is 1.09 bits per heavy atom. The van der Waals surface area contributed by atoms with E-state index in [1.54, 1.807) is 28.9 Å². The highest BCUT2D eigenvalue weighted by molar-refractivity contribution is 7.89. The molecule has 0 amide bonds. The fourth-order valence-corrected chi connectivity index (χ4v) is 5.61. The van der Waals surface area contributed by atoms with E-state index in [1.165, 1.54) is 4.31 Å². The second-order valence-electron chi connectivity index (χ2n) is 8.53. The summed E-state index contributed by atoms with van der Waals surface area (Å²) < 4.78 is 35.4. The van der Waals surface area contributed by atoms with Crippen molar-refractivity contribution in [2.45, 2.75) is 44.4 Å². The number of hydrogen-bond acceptors (Lipinski definition) is 7. The minimum atomic E-state index is -3.60. The first-order valence-corrected chi connectivity index (χ1v) is 13.2. The smallest absolute Gasteiger partial charge is 0.276 e. The van der Waals surface area contributed by atoms with Gasteiger partial charge in [-0.25, -0.2) is 17.9 Å². The Bertz CT molecular complexity index is 1310. The molecule has 0 aliphatic carbocycles. The van der Waals surface area contributed by atoms with Gasteiger partial charge in [-0.05, 0) is 50.6 Å². The highest BCUT2D eigenvalue weighted by atomic mass is 32.2. The van der Waals surface area contributed by atoms with Crippen LogP contribution in [0.4, 0.5) is 0 Å². The number of hydrogen-bond donors (Lipinski definition) is 1. The minimum Gasteiger partial charge on any atom is -0.494 e. The van der Waals surface area contributed by atoms with E-state index in [9.17, 15) is 13.2 Å². The topological polar surface area (TPSA) is 113 Å². The average Bonchev–Trinajstić information content (AvgIpc) is 3.22. The molecule has 3 aromatic rings. The van der Waals surface area contributed by atoms with Crippen molar-refractivity contribution in [1.82, 2.24) is 28.8 Å². The predicted molar refractivity (Wildman–Crippen MR) is 129 cm³/mol. The number of rotatable bonds is 9. The van der Waals surface area contributed by atoms with Crippen LogP contribution in [0.1, 0.15) is 37.5 Å². The summed E-state index contributed by atoms with van der Waals surface area (Å²) in [6.45, 7) is 6.76. The zero-order valence-corrected chi connectivity index (χ0v) is 20.8. The highest BCUT2D eigenvalue weighted by Crippen LogP contribution is 2.26. The van der Waals surface area contributed by atoms with Crippen LogP contribution in [0, 0.1) is 0 Å². The van der Waals surface area contributed by atoms with Crippen LogP contribution in [0.15, 0.2) is 34.1 Å². The van der Waals surface area contributed by atoms with Gasteiger partial charge in [-0.1, -0.05) is 6.92 Å². The van der Waals surface area contributed by atoms with Crippen LogP contribution in [0.2, 0.25) is 0 Å². The largest absolute Gasteiger partial charge is 0.494 e. The number of fused-ring (bicyclic) bond motifs is 1. The number of imidazole rings is 1. The van der Waals surface area contributed by atoms with E-state index in [0.717, 1.165) is 24.2 Å². The van der Waals surface area contributed by atoms with Gasteiger partial charge in [0, 0.05) is 39.0 Å². The summed E-state index contributed by atoms with van der Waals surface area (Å²) in [6.07, 6.45) is 4.06. The third-order valence-corrected chi connectivity index (χ3v) is 7.95. The summed E-state index contributed by atoms with van der Waals surface area (Å²) in [5.74, 6) is 1.90. The number of piperazine rings is 1. The van der Waals surface area contributed by atoms with Crippen LogP contribution >= 0.6 is 0 Å². The lowest BCUT2D eigenvalue weighted by molar-refractivity contribution is 0.222. The molecular weight excluding hydrogens is 456 g/mol. The Morgan fingerprint density at radius 3 is 2.56 bits per heavy atom. The van der Waals surface area contributed by atoms with Crippen LogP contribution < -0.4 is 10.3 Å². The normalized spacial score (nSPS) is 15.7. The van der Waals surface area contributed by atoms with Gasteiger partial charge in [0.2, 0.25) is 10.0 Å². The second kappa shape index (κ2) is 10.2. The van der Waals surface area contributed by atoms with Gasteiger partial charge in [-0.15, -0.1) is 0 Å². The van der Waals surface area contributed by atoms with Gasteiger partial charge in [0.05, 0.1) is 17.7 Å². The Kier molecular flexibility index (Phi) is 7.34. The Balaban J connectivity index is 1.61. The molecule has 0 radical (unpaired) electrons. The molecule has 4 rings (SSSR count). The molecule has 1 fully saturated rings. The van der Waals surface area contributed by atoms with Crippen LogP contribution in [0.3, 0.4) is 0 Å². The minimum absolute atomic E-state index is 0.240. The maximum Gasteiger partial charge on any atom is 0.276 e. The molecule has 0 unspecified atom stereocenters. The lowest BCUT2D eigenvalue weighted by atomic mass is 10.1. The first kappa shape index (κ1) is 24.4. The molecule has 1 aromatic carbocycles. The Labute approximate surface area is 199 Å². The van der Waals surface area contributed by atoms with Crippen molar-refractivity contribution < 1.29 is 13.2 Å². The summed E-state index contributed by atoms with van der Waals surface area (Å²) in [5.41, 5.74) is 0.943. The fraction of sp³-hybridized carbons (Fsp3) is 0.522. The number of benzene rings is 1. The van der Waals surface area contributed by atoms with E-state index >= 15 is 0 Å². The number of ether oxygens (including phenoxy) is 1. The van der Waals surface area contributed by atoms with E-state index < -0.39 is 10.0 Å². The Hall–Kier alpha value is -2.76. The highest BCUT2D eigenvalue weighted by Gasteiger charge is 2.28. The third-order valence-electron chi connectivity index (χ3n) is 6.06. The lowest BCUT2D eigenvalue weighted by Crippen LogP contribution is -2.47. The van der Waals surface area contributed by atoms with Gasteiger partial charge in [-0.2, -0.15) is 9.40 Å². The zero-order valence-electron chi connectivity index (χ0n) is 20.0. The van der Waals surface area contributed by atoms with Gasteiger partial charge in [0.15, 0.2) is 5.52 Å². The lowest BCUT2D eigenvalue weighted by Gasteiger charge is -2.31. The van der Waals surface area contributed by atoms with Crippen molar-refractivity contribution in [3.63, 3.8) is 0 Å². The van der Waals surface area contributed by atoms with Crippen molar-refractivity contribution in [2.24, 2.45) is 0 Å². The number of sulfonamides is 1. The number of nitrogens with zero attached hydrogens (tertiary/aromatic N) is 5. The second-order valence-corrected chi connectivity index (χ2v) is 10.5. The molecule has 1 saturated heterocycles. The molecule has 1 aliphatic rings. The molecule has 0 atom stereocenters.